The highest BCUT2D eigenvalue weighted by Gasteiger charge is 3.00. The highest BCUT2D eigenvalue weighted by atomic mass is 19.4. The van der Waals surface area contributed by atoms with Crippen molar-refractivity contribution in [3.05, 3.63) is 29.8 Å². The van der Waals surface area contributed by atoms with Crippen molar-refractivity contribution in [2.45, 2.75) is 74.2 Å². The molecule has 0 radical (unpaired) electrons. The van der Waals surface area contributed by atoms with Crippen molar-refractivity contribution in [3.8, 4) is 5.75 Å². The molecule has 0 aliphatic heterocycles. The van der Waals surface area contributed by atoms with Crippen molar-refractivity contribution in [1.29, 1.82) is 0 Å². The Balaban J connectivity index is 2.46. The second-order valence-corrected chi connectivity index (χ2v) is 7.30. The largest absolute Gasteiger partial charge is 0.491 e. The Morgan fingerprint density at radius 2 is 1.13 bits per heavy atom. The van der Waals surface area contributed by atoms with Gasteiger partial charge in [0.2, 0.25) is 0 Å². The fraction of sp³-hybridized carbons (Fsp3) is 0.667. The maximum Gasteiger partial charge on any atom is 0.384 e. The smallest absolute Gasteiger partial charge is 0.384 e. The van der Waals surface area contributed by atoms with E-state index in [2.05, 4.69) is 0 Å². The van der Waals surface area contributed by atoms with Crippen LogP contribution in [-0.4, -0.2) is 46.5 Å². The summed E-state index contributed by atoms with van der Waals surface area (Å²) in [5, 5.41) is 9.87. The van der Waals surface area contributed by atoms with E-state index in [9.17, 15) is 53.4 Å². The Bertz CT molecular complexity index is 762. The molecule has 2 nitrogen and oxygen atoms in total. The molecule has 0 bridgehead atoms. The molecule has 1 aliphatic carbocycles. The van der Waals surface area contributed by atoms with Crippen LogP contribution < -0.4 is 4.74 Å². The molecular weight excluding hydrogens is 457 g/mol. The van der Waals surface area contributed by atoms with E-state index in [-0.39, 0.29) is 11.9 Å². The molecule has 1 N–H and O–H groups in total. The fourth-order valence-corrected chi connectivity index (χ4v) is 3.01. The minimum atomic E-state index is -7.28. The van der Waals surface area contributed by atoms with Gasteiger partial charge in [-0.15, -0.1) is 0 Å². The zero-order valence-electron chi connectivity index (χ0n) is 15.9. The third kappa shape index (κ3) is 3.25. The third-order valence-corrected chi connectivity index (χ3v) is 5.22. The van der Waals surface area contributed by atoms with Gasteiger partial charge in [-0.2, -0.15) is 43.9 Å². The SMILES string of the molecule is CCC(C)Oc1ccc(C(O)CC2(F)C(F)(F)C(F)(F)C(F)(F)C(F)(F)C2(F)F)cc1. The molecule has 1 aromatic rings. The van der Waals surface area contributed by atoms with E-state index in [4.69, 9.17) is 4.74 Å². The molecule has 1 aliphatic rings. The lowest BCUT2D eigenvalue weighted by atomic mass is 9.69. The Morgan fingerprint density at radius 1 is 0.742 bits per heavy atom. The van der Waals surface area contributed by atoms with Crippen LogP contribution in [0.15, 0.2) is 24.3 Å². The first kappa shape index (κ1) is 25.5. The number of hydrogen-bond acceptors (Lipinski definition) is 2. The van der Waals surface area contributed by atoms with E-state index in [1.807, 2.05) is 0 Å². The second kappa shape index (κ2) is 7.38. The maximum absolute atomic E-state index is 14.7. The summed E-state index contributed by atoms with van der Waals surface area (Å²) in [6.07, 6.45) is -5.21. The highest BCUT2D eigenvalue weighted by molar-refractivity contribution is 5.31. The lowest BCUT2D eigenvalue weighted by molar-refractivity contribution is -0.487. The minimum absolute atomic E-state index is 0.145. The standard InChI is InChI=1S/C18H17F11O2/c1-3-9(2)31-11-6-4-10(5-7-11)12(30)8-13(19)14(20,21)16(24,25)18(28,29)17(26,27)15(13,22)23/h4-7,9,12,30H,3,8H2,1-2H3. The van der Waals surface area contributed by atoms with Crippen LogP contribution in [-0.2, 0) is 0 Å². The molecule has 0 amide bonds. The van der Waals surface area contributed by atoms with Crippen LogP contribution in [0.3, 0.4) is 0 Å². The normalized spacial score (nSPS) is 26.6. The van der Waals surface area contributed by atoms with Crippen molar-refractivity contribution in [3.63, 3.8) is 0 Å². The predicted octanol–water partition coefficient (Wildman–Crippen LogP) is 6.19. The molecule has 2 unspecified atom stereocenters. The fourth-order valence-electron chi connectivity index (χ4n) is 3.01. The lowest BCUT2D eigenvalue weighted by Crippen LogP contribution is -2.83. The summed E-state index contributed by atoms with van der Waals surface area (Å²) in [4.78, 5) is 0. The van der Waals surface area contributed by atoms with E-state index in [0.717, 1.165) is 24.3 Å². The van der Waals surface area contributed by atoms with Gasteiger partial charge < -0.3 is 9.84 Å². The molecule has 1 fully saturated rings. The summed E-state index contributed by atoms with van der Waals surface area (Å²) in [7, 11) is 0. The molecule has 13 heteroatoms. The average Bonchev–Trinajstić information content (AvgIpc) is 2.66. The van der Waals surface area contributed by atoms with E-state index in [0.29, 0.717) is 6.42 Å². The first-order valence-electron chi connectivity index (χ1n) is 8.84. The number of aliphatic hydroxyl groups is 1. The van der Waals surface area contributed by atoms with Gasteiger partial charge in [0.25, 0.3) is 5.67 Å². The quantitative estimate of drug-likeness (QED) is 0.499. The van der Waals surface area contributed by atoms with Gasteiger partial charge in [-0.1, -0.05) is 19.1 Å². The summed E-state index contributed by atoms with van der Waals surface area (Å²) in [6, 6.07) is 3.89. The minimum Gasteiger partial charge on any atom is -0.491 e. The van der Waals surface area contributed by atoms with Gasteiger partial charge in [-0.25, -0.2) is 4.39 Å². The summed E-state index contributed by atoms with van der Waals surface area (Å²) in [5.41, 5.74) is -6.83. The van der Waals surface area contributed by atoms with Crippen LogP contribution in [0.2, 0.25) is 0 Å². The number of aliphatic hydroxyl groups excluding tert-OH is 1. The first-order valence-corrected chi connectivity index (χ1v) is 8.84. The van der Waals surface area contributed by atoms with Gasteiger partial charge in [0, 0.05) is 6.42 Å². The van der Waals surface area contributed by atoms with Crippen molar-refractivity contribution < 1.29 is 58.1 Å². The number of benzene rings is 1. The molecule has 1 aromatic carbocycles. The summed E-state index contributed by atoms with van der Waals surface area (Å²) in [6.45, 7) is 3.43. The summed E-state index contributed by atoms with van der Waals surface area (Å²) >= 11 is 0. The van der Waals surface area contributed by atoms with Gasteiger partial charge in [-0.05, 0) is 31.0 Å². The van der Waals surface area contributed by atoms with Crippen molar-refractivity contribution in [1.82, 2.24) is 0 Å². The molecule has 178 valence electrons. The van der Waals surface area contributed by atoms with Gasteiger partial charge in [0.05, 0.1) is 12.2 Å². The van der Waals surface area contributed by atoms with Crippen LogP contribution in [0, 0.1) is 0 Å². The Kier molecular flexibility index (Phi) is 6.06. The van der Waals surface area contributed by atoms with Gasteiger partial charge in [0.15, 0.2) is 0 Å². The van der Waals surface area contributed by atoms with Crippen molar-refractivity contribution >= 4 is 0 Å². The van der Waals surface area contributed by atoms with Gasteiger partial charge in [0.1, 0.15) is 5.75 Å². The van der Waals surface area contributed by atoms with Crippen molar-refractivity contribution in [2.24, 2.45) is 0 Å². The third-order valence-electron chi connectivity index (χ3n) is 5.22. The van der Waals surface area contributed by atoms with Gasteiger partial charge >= 0.3 is 29.6 Å². The Labute approximate surface area is 169 Å². The topological polar surface area (TPSA) is 29.5 Å². The summed E-state index contributed by atoms with van der Waals surface area (Å²) in [5.74, 6) is -35.4. The van der Waals surface area contributed by atoms with E-state index < -0.39 is 53.4 Å². The average molecular weight is 474 g/mol. The van der Waals surface area contributed by atoms with Crippen LogP contribution in [0.25, 0.3) is 0 Å². The molecule has 0 aromatic heterocycles. The Morgan fingerprint density at radius 3 is 1.52 bits per heavy atom. The number of rotatable bonds is 6. The number of ether oxygens (including phenoxy) is 1. The lowest BCUT2D eigenvalue weighted by Gasteiger charge is -2.52. The molecule has 0 spiro atoms. The molecular formula is C18H17F11O2. The summed E-state index contributed by atoms with van der Waals surface area (Å²) < 4.78 is 156. The Hall–Kier alpha value is -1.79. The maximum atomic E-state index is 14.7. The zero-order chi connectivity index (χ0) is 24.3. The van der Waals surface area contributed by atoms with Crippen LogP contribution in [0.4, 0.5) is 48.3 Å². The molecule has 31 heavy (non-hydrogen) atoms. The molecule has 1 saturated carbocycles. The monoisotopic (exact) mass is 474 g/mol. The number of halogens is 11. The molecule has 2 atom stereocenters. The zero-order valence-corrected chi connectivity index (χ0v) is 15.9. The van der Waals surface area contributed by atoms with Crippen LogP contribution in [0.1, 0.15) is 38.4 Å². The highest BCUT2D eigenvalue weighted by Crippen LogP contribution is 2.70. The number of hydrogen-bond donors (Lipinski definition) is 1. The molecule has 0 heterocycles. The van der Waals surface area contributed by atoms with E-state index in [1.54, 1.807) is 13.8 Å². The van der Waals surface area contributed by atoms with Crippen LogP contribution >= 0.6 is 0 Å². The van der Waals surface area contributed by atoms with Crippen molar-refractivity contribution in [2.75, 3.05) is 0 Å². The van der Waals surface area contributed by atoms with Crippen LogP contribution in [0.5, 0.6) is 5.75 Å². The van der Waals surface area contributed by atoms with Gasteiger partial charge in [-0.3, -0.25) is 0 Å². The van der Waals surface area contributed by atoms with E-state index in [1.165, 1.54) is 0 Å². The number of alkyl halides is 11. The van der Waals surface area contributed by atoms with E-state index >= 15 is 0 Å². The second-order valence-electron chi connectivity index (χ2n) is 7.30. The predicted molar refractivity (Wildman–Crippen MR) is 85.0 cm³/mol. The molecule has 0 saturated heterocycles. The molecule has 2 rings (SSSR count). The first-order chi connectivity index (χ1) is 13.8.